The summed E-state index contributed by atoms with van der Waals surface area (Å²) >= 11 is 0. The fraction of sp³-hybridized carbons (Fsp3) is 0.900. The van der Waals surface area contributed by atoms with Gasteiger partial charge in [0.25, 0.3) is 0 Å². The smallest absolute Gasteiger partial charge is 0.217 e. The molecule has 0 spiro atoms. The first-order chi connectivity index (χ1) is 12.5. The van der Waals surface area contributed by atoms with Crippen LogP contribution in [0.4, 0.5) is 0 Å². The van der Waals surface area contributed by atoms with Gasteiger partial charge in [-0.2, -0.15) is 0 Å². The predicted molar refractivity (Wildman–Crippen MR) is 109 cm³/mol. The second-order valence-electron chi connectivity index (χ2n) is 6.72. The van der Waals surface area contributed by atoms with Crippen molar-refractivity contribution in [2.75, 3.05) is 14.2 Å². The second kappa shape index (κ2) is 22.6. The molecule has 0 aromatic rings. The van der Waals surface area contributed by atoms with Gasteiger partial charge in [-0.3, -0.25) is 4.18 Å². The Labute approximate surface area is 162 Å². The van der Waals surface area contributed by atoms with Crippen LogP contribution in [0.1, 0.15) is 103 Å². The van der Waals surface area contributed by atoms with Crippen molar-refractivity contribution in [1.29, 1.82) is 0 Å². The Morgan fingerprint density at radius 1 is 0.808 bits per heavy atom. The van der Waals surface area contributed by atoms with E-state index in [4.69, 9.17) is 0 Å². The minimum absolute atomic E-state index is 0.808. The number of rotatable bonds is 17. The molecule has 0 heterocycles. The van der Waals surface area contributed by atoms with Crippen LogP contribution in [0.25, 0.3) is 0 Å². The fourth-order valence-electron chi connectivity index (χ4n) is 2.69. The van der Waals surface area contributed by atoms with Crippen molar-refractivity contribution in [3.8, 4) is 0 Å². The summed E-state index contributed by atoms with van der Waals surface area (Å²) in [6, 6.07) is 0. The molecule has 5 nitrogen and oxygen atoms in total. The Hall–Kier alpha value is -0.430. The summed E-state index contributed by atoms with van der Waals surface area (Å²) < 4.78 is 31.0. The third-order valence-electron chi connectivity index (χ3n) is 4.26. The first-order valence-electron chi connectivity index (χ1n) is 10.4. The molecule has 26 heavy (non-hydrogen) atoms. The largest absolute Gasteiger partial charge is 0.726 e. The van der Waals surface area contributed by atoms with Crippen molar-refractivity contribution in [2.45, 2.75) is 103 Å². The van der Waals surface area contributed by atoms with E-state index in [2.05, 4.69) is 35.7 Å². The highest BCUT2D eigenvalue weighted by molar-refractivity contribution is 7.80. The molecule has 0 aromatic carbocycles. The minimum atomic E-state index is -4.41. The van der Waals surface area contributed by atoms with E-state index in [0.29, 0.717) is 0 Å². The Kier molecular flexibility index (Phi) is 24.2. The summed E-state index contributed by atoms with van der Waals surface area (Å²) in [5, 5.41) is 2.11. The molecule has 158 valence electrons. The van der Waals surface area contributed by atoms with Crippen molar-refractivity contribution in [3.05, 3.63) is 12.3 Å². The van der Waals surface area contributed by atoms with Gasteiger partial charge >= 0.3 is 0 Å². The first-order valence-corrected chi connectivity index (χ1v) is 11.8. The molecule has 0 radical (unpaired) electrons. The number of hydrogen-bond acceptors (Lipinski definition) is 4. The van der Waals surface area contributed by atoms with Gasteiger partial charge in [-0.15, -0.1) is 0 Å². The molecule has 0 bridgehead atoms. The molecular weight excluding hydrogens is 350 g/mol. The molecule has 6 heteroatoms. The average molecular weight is 394 g/mol. The van der Waals surface area contributed by atoms with E-state index in [1.165, 1.54) is 96.3 Å². The minimum Gasteiger partial charge on any atom is -0.726 e. The topological polar surface area (TPSA) is 83.0 Å². The lowest BCUT2D eigenvalue weighted by Gasteiger charge is -2.02. The Bertz CT molecular complexity index is 383. The van der Waals surface area contributed by atoms with Gasteiger partial charge in [-0.1, -0.05) is 90.4 Å². The highest BCUT2D eigenvalue weighted by Gasteiger charge is 1.93. The highest BCUT2D eigenvalue weighted by Crippen LogP contribution is 2.13. The van der Waals surface area contributed by atoms with Crippen LogP contribution in [0, 0.1) is 0 Å². The quantitative estimate of drug-likeness (QED) is 0.221. The molecular formula is C20H43NO4S. The van der Waals surface area contributed by atoms with E-state index in [-0.39, 0.29) is 0 Å². The summed E-state index contributed by atoms with van der Waals surface area (Å²) in [7, 11) is -1.52. The van der Waals surface area contributed by atoms with Gasteiger partial charge in [0.1, 0.15) is 0 Å². The van der Waals surface area contributed by atoms with E-state index < -0.39 is 10.4 Å². The lowest BCUT2D eigenvalue weighted by molar-refractivity contribution is -0.556. The first kappa shape index (κ1) is 27.8. The fourth-order valence-corrected chi connectivity index (χ4v) is 2.69. The maximum Gasteiger partial charge on any atom is 0.217 e. The standard InChI is InChI=1S/C19H39N.CH4O4S/c1-3-4-5-6-7-8-9-10-11-12-13-14-15-16-17-18-19-20-2;1-5-6(2,3)4/h18-20H,3-17H2,1-2H3;1H3,(H,2,3,4). The molecule has 0 saturated heterocycles. The van der Waals surface area contributed by atoms with Gasteiger partial charge in [0, 0.05) is 0 Å². The lowest BCUT2D eigenvalue weighted by atomic mass is 10.0. The van der Waals surface area contributed by atoms with Gasteiger partial charge in [0.05, 0.1) is 20.4 Å². The second-order valence-corrected chi connectivity index (χ2v) is 7.87. The van der Waals surface area contributed by atoms with E-state index in [1.807, 2.05) is 0 Å². The zero-order chi connectivity index (χ0) is 19.9. The van der Waals surface area contributed by atoms with Crippen molar-refractivity contribution < 1.29 is 22.5 Å². The molecule has 0 saturated carbocycles. The van der Waals surface area contributed by atoms with E-state index in [0.717, 1.165) is 7.11 Å². The van der Waals surface area contributed by atoms with Gasteiger partial charge in [0.15, 0.2) is 0 Å². The normalized spacial score (nSPS) is 11.5. The summed E-state index contributed by atoms with van der Waals surface area (Å²) in [5.74, 6) is 0. The van der Waals surface area contributed by atoms with Crippen LogP contribution in [0.2, 0.25) is 0 Å². The highest BCUT2D eigenvalue weighted by atomic mass is 32.3. The average Bonchev–Trinajstić information content (AvgIpc) is 2.61. The zero-order valence-corrected chi connectivity index (χ0v) is 18.2. The van der Waals surface area contributed by atoms with Crippen LogP contribution in [0.5, 0.6) is 0 Å². The summed E-state index contributed by atoms with van der Waals surface area (Å²) in [5.41, 5.74) is 0. The molecule has 0 amide bonds. The van der Waals surface area contributed by atoms with Crippen molar-refractivity contribution >= 4 is 10.4 Å². The predicted octanol–water partition coefficient (Wildman–Crippen LogP) is 4.66. The summed E-state index contributed by atoms with van der Waals surface area (Å²) in [6.07, 6.45) is 26.0. The molecule has 0 fully saturated rings. The van der Waals surface area contributed by atoms with Crippen LogP contribution in [-0.2, 0) is 14.6 Å². The summed E-state index contributed by atoms with van der Waals surface area (Å²) in [6.45, 7) is 2.29. The van der Waals surface area contributed by atoms with E-state index >= 15 is 0 Å². The van der Waals surface area contributed by atoms with Crippen LogP contribution < -0.4 is 5.32 Å². The number of hydrogen-bond donors (Lipinski definition) is 1. The molecule has 0 aliphatic rings. The number of allylic oxidation sites excluding steroid dienone is 1. The van der Waals surface area contributed by atoms with Gasteiger partial charge in [-0.05, 0) is 18.9 Å². The van der Waals surface area contributed by atoms with Gasteiger partial charge in [-0.25, -0.2) is 8.42 Å². The number of unbranched alkanes of at least 4 members (excludes halogenated alkanes) is 14. The van der Waals surface area contributed by atoms with Crippen LogP contribution >= 0.6 is 0 Å². The number of nitrogens with two attached hydrogens (primary N) is 1. The van der Waals surface area contributed by atoms with Crippen molar-refractivity contribution in [2.24, 2.45) is 0 Å². The molecule has 0 atom stereocenters. The lowest BCUT2D eigenvalue weighted by Crippen LogP contribution is -2.72. The molecule has 2 N–H and O–H groups in total. The molecule has 0 unspecified atom stereocenters. The molecule has 0 aliphatic carbocycles. The SMILES string of the molecule is CCCCCCCCCCCCCCCCC=C[NH2+]C.COS(=O)(=O)[O-]. The van der Waals surface area contributed by atoms with Gasteiger partial charge in [0.2, 0.25) is 10.4 Å². The van der Waals surface area contributed by atoms with Crippen molar-refractivity contribution in [1.82, 2.24) is 0 Å². The zero-order valence-electron chi connectivity index (χ0n) is 17.4. The molecule has 0 aromatic heterocycles. The van der Waals surface area contributed by atoms with Crippen molar-refractivity contribution in [3.63, 3.8) is 0 Å². The van der Waals surface area contributed by atoms with E-state index in [1.54, 1.807) is 0 Å². The maximum absolute atomic E-state index is 9.22. The van der Waals surface area contributed by atoms with Crippen LogP contribution in [-0.4, -0.2) is 27.1 Å². The number of quaternary nitrogens is 1. The monoisotopic (exact) mass is 393 g/mol. The van der Waals surface area contributed by atoms with Gasteiger partial charge < -0.3 is 9.87 Å². The molecule has 0 aliphatic heterocycles. The Morgan fingerprint density at radius 2 is 1.15 bits per heavy atom. The van der Waals surface area contributed by atoms with Crippen LogP contribution in [0.3, 0.4) is 0 Å². The molecule has 0 rings (SSSR count). The summed E-state index contributed by atoms with van der Waals surface area (Å²) in [4.78, 5) is 0. The maximum atomic E-state index is 9.22. The third-order valence-corrected chi connectivity index (χ3v) is 4.67. The Morgan fingerprint density at radius 3 is 1.46 bits per heavy atom. The third kappa shape index (κ3) is 31.4. The van der Waals surface area contributed by atoms with E-state index in [9.17, 15) is 13.0 Å². The Balaban J connectivity index is 0. The van der Waals surface area contributed by atoms with Crippen LogP contribution in [0.15, 0.2) is 12.3 Å².